The minimum absolute atomic E-state index is 0.0528. The van der Waals surface area contributed by atoms with E-state index in [2.05, 4.69) is 16.0 Å². The van der Waals surface area contributed by atoms with Crippen molar-refractivity contribution in [2.45, 2.75) is 70.4 Å². The molecular weight excluding hydrogens is 368 g/mol. The van der Waals surface area contributed by atoms with Gasteiger partial charge in [0.2, 0.25) is 0 Å². The SMILES string of the molecule is CCCC[C@]1(C)NC(=O)N(CC(=O)OCC(=O)NC(=O)NC2CCCC2)C1=O. The molecule has 1 heterocycles. The predicted molar refractivity (Wildman–Crippen MR) is 98.1 cm³/mol. The van der Waals surface area contributed by atoms with Crippen LogP contribution in [-0.4, -0.2) is 59.5 Å². The first-order valence-electron chi connectivity index (χ1n) is 9.65. The summed E-state index contributed by atoms with van der Waals surface area (Å²) in [6, 6.07) is -1.24. The molecule has 0 bridgehead atoms. The van der Waals surface area contributed by atoms with Crippen molar-refractivity contribution in [3.8, 4) is 0 Å². The van der Waals surface area contributed by atoms with Crippen LogP contribution in [0.2, 0.25) is 0 Å². The first-order chi connectivity index (χ1) is 13.2. The van der Waals surface area contributed by atoms with E-state index in [4.69, 9.17) is 4.74 Å². The second-order valence-electron chi connectivity index (χ2n) is 7.42. The molecule has 0 radical (unpaired) electrons. The fraction of sp³-hybridized carbons (Fsp3) is 0.722. The van der Waals surface area contributed by atoms with Crippen LogP contribution >= 0.6 is 0 Å². The number of urea groups is 2. The fourth-order valence-corrected chi connectivity index (χ4v) is 3.37. The number of rotatable bonds is 8. The smallest absolute Gasteiger partial charge is 0.326 e. The molecule has 156 valence electrons. The van der Waals surface area contributed by atoms with Crippen LogP contribution in [0.5, 0.6) is 0 Å². The Morgan fingerprint density at radius 2 is 1.93 bits per heavy atom. The molecule has 6 amide bonds. The Hall–Kier alpha value is -2.65. The largest absolute Gasteiger partial charge is 0.454 e. The van der Waals surface area contributed by atoms with Gasteiger partial charge in [0, 0.05) is 6.04 Å². The molecule has 10 heteroatoms. The minimum Gasteiger partial charge on any atom is -0.454 e. The van der Waals surface area contributed by atoms with Crippen LogP contribution in [0.25, 0.3) is 0 Å². The van der Waals surface area contributed by atoms with Crippen LogP contribution in [0.3, 0.4) is 0 Å². The van der Waals surface area contributed by atoms with Gasteiger partial charge in [-0.3, -0.25) is 24.6 Å². The highest BCUT2D eigenvalue weighted by atomic mass is 16.5. The molecule has 0 spiro atoms. The van der Waals surface area contributed by atoms with Gasteiger partial charge in [0.1, 0.15) is 12.1 Å². The molecule has 0 aromatic carbocycles. The van der Waals surface area contributed by atoms with Gasteiger partial charge in [0.05, 0.1) is 0 Å². The topological polar surface area (TPSA) is 134 Å². The molecule has 2 fully saturated rings. The number of nitrogens with zero attached hydrogens (tertiary/aromatic N) is 1. The zero-order valence-electron chi connectivity index (χ0n) is 16.3. The lowest BCUT2D eigenvalue weighted by Crippen LogP contribution is -2.45. The summed E-state index contributed by atoms with van der Waals surface area (Å²) in [6.45, 7) is 2.32. The molecule has 10 nitrogen and oxygen atoms in total. The summed E-state index contributed by atoms with van der Waals surface area (Å²) >= 11 is 0. The van der Waals surface area contributed by atoms with E-state index in [9.17, 15) is 24.0 Å². The van der Waals surface area contributed by atoms with Gasteiger partial charge in [0.25, 0.3) is 11.8 Å². The van der Waals surface area contributed by atoms with Crippen molar-refractivity contribution in [3.05, 3.63) is 0 Å². The van der Waals surface area contributed by atoms with Crippen molar-refractivity contribution in [2.75, 3.05) is 13.2 Å². The molecule has 1 saturated heterocycles. The van der Waals surface area contributed by atoms with Crippen LogP contribution in [0.4, 0.5) is 9.59 Å². The van der Waals surface area contributed by atoms with Crippen LogP contribution in [-0.2, 0) is 19.1 Å². The standard InChI is InChI=1S/C18H28N4O6/c1-3-4-9-18(2)15(25)22(17(27)21-18)10-14(24)28-11-13(23)20-16(26)19-12-7-5-6-8-12/h12H,3-11H2,1-2H3,(H,21,27)(H2,19,20,23,26)/t18-/m0/s1. The quantitative estimate of drug-likeness (QED) is 0.410. The highest BCUT2D eigenvalue weighted by molar-refractivity contribution is 6.08. The number of ether oxygens (including phenoxy) is 1. The molecule has 28 heavy (non-hydrogen) atoms. The molecule has 2 rings (SSSR count). The summed E-state index contributed by atoms with van der Waals surface area (Å²) < 4.78 is 4.78. The van der Waals surface area contributed by atoms with Gasteiger partial charge in [-0.2, -0.15) is 0 Å². The van der Waals surface area contributed by atoms with Crippen LogP contribution in [0.1, 0.15) is 58.8 Å². The Labute approximate surface area is 163 Å². The lowest BCUT2D eigenvalue weighted by Gasteiger charge is -2.21. The second-order valence-corrected chi connectivity index (χ2v) is 7.42. The van der Waals surface area contributed by atoms with Crippen LogP contribution in [0, 0.1) is 0 Å². The molecule has 3 N–H and O–H groups in total. The van der Waals surface area contributed by atoms with E-state index in [0.717, 1.165) is 43.4 Å². The molecule has 2 aliphatic rings. The summed E-state index contributed by atoms with van der Waals surface area (Å²) in [5.74, 6) is -2.19. The fourth-order valence-electron chi connectivity index (χ4n) is 3.37. The number of amides is 6. The number of hydrogen-bond donors (Lipinski definition) is 3. The van der Waals surface area contributed by atoms with E-state index in [0.29, 0.717) is 6.42 Å². The zero-order chi connectivity index (χ0) is 20.7. The van der Waals surface area contributed by atoms with Gasteiger partial charge in [-0.25, -0.2) is 9.59 Å². The summed E-state index contributed by atoms with van der Waals surface area (Å²) in [7, 11) is 0. The molecule has 0 aromatic heterocycles. The van der Waals surface area contributed by atoms with Gasteiger partial charge < -0.3 is 15.4 Å². The average Bonchev–Trinajstić information content (AvgIpc) is 3.21. The summed E-state index contributed by atoms with van der Waals surface area (Å²) in [5, 5.41) is 7.35. The Morgan fingerprint density at radius 3 is 2.57 bits per heavy atom. The monoisotopic (exact) mass is 396 g/mol. The maximum Gasteiger partial charge on any atom is 0.326 e. The highest BCUT2D eigenvalue weighted by Crippen LogP contribution is 2.23. The molecule has 1 atom stereocenters. The highest BCUT2D eigenvalue weighted by Gasteiger charge is 2.47. The van der Waals surface area contributed by atoms with Crippen LogP contribution < -0.4 is 16.0 Å². The number of nitrogens with one attached hydrogen (secondary N) is 3. The molecule has 0 aromatic rings. The van der Waals surface area contributed by atoms with Crippen molar-refractivity contribution in [3.63, 3.8) is 0 Å². The first kappa shape index (κ1) is 21.6. The van der Waals surface area contributed by atoms with E-state index < -0.39 is 48.5 Å². The van der Waals surface area contributed by atoms with Gasteiger partial charge in [0.15, 0.2) is 6.61 Å². The summed E-state index contributed by atoms with van der Waals surface area (Å²) in [6.07, 6.45) is 5.92. The van der Waals surface area contributed by atoms with Gasteiger partial charge in [-0.1, -0.05) is 32.6 Å². The number of esters is 1. The third kappa shape index (κ3) is 5.67. The maximum atomic E-state index is 12.4. The van der Waals surface area contributed by atoms with E-state index in [-0.39, 0.29) is 6.04 Å². The van der Waals surface area contributed by atoms with E-state index in [1.807, 2.05) is 6.92 Å². The summed E-state index contributed by atoms with van der Waals surface area (Å²) in [5.41, 5.74) is -1.04. The van der Waals surface area contributed by atoms with Gasteiger partial charge in [-0.05, 0) is 26.2 Å². The van der Waals surface area contributed by atoms with Crippen molar-refractivity contribution < 1.29 is 28.7 Å². The average molecular weight is 396 g/mol. The molecule has 1 aliphatic heterocycles. The lowest BCUT2D eigenvalue weighted by atomic mass is 9.95. The summed E-state index contributed by atoms with van der Waals surface area (Å²) in [4.78, 5) is 60.5. The molecule has 1 saturated carbocycles. The Balaban J connectivity index is 1.74. The number of imide groups is 2. The van der Waals surface area contributed by atoms with Crippen molar-refractivity contribution in [1.82, 2.24) is 20.9 Å². The Kier molecular flexibility index (Phi) is 7.36. The van der Waals surface area contributed by atoms with Crippen molar-refractivity contribution in [2.24, 2.45) is 0 Å². The van der Waals surface area contributed by atoms with E-state index in [1.54, 1.807) is 6.92 Å². The van der Waals surface area contributed by atoms with E-state index in [1.165, 1.54) is 0 Å². The Bertz CT molecular complexity index is 646. The normalized spacial score (nSPS) is 22.1. The van der Waals surface area contributed by atoms with Crippen molar-refractivity contribution >= 4 is 29.8 Å². The van der Waals surface area contributed by atoms with Crippen molar-refractivity contribution in [1.29, 1.82) is 0 Å². The zero-order valence-corrected chi connectivity index (χ0v) is 16.3. The lowest BCUT2D eigenvalue weighted by molar-refractivity contribution is -0.150. The molecular formula is C18H28N4O6. The maximum absolute atomic E-state index is 12.4. The minimum atomic E-state index is -1.04. The molecule has 0 unspecified atom stereocenters. The number of unbranched alkanes of at least 4 members (excludes halogenated alkanes) is 1. The number of carbonyl (C=O) groups is 5. The second kappa shape index (κ2) is 9.52. The predicted octanol–water partition coefficient (Wildman–Crippen LogP) is 0.799. The van der Waals surface area contributed by atoms with Crippen LogP contribution in [0.15, 0.2) is 0 Å². The van der Waals surface area contributed by atoms with Gasteiger partial charge in [-0.15, -0.1) is 0 Å². The number of carbonyl (C=O) groups excluding carboxylic acids is 5. The third-order valence-electron chi connectivity index (χ3n) is 4.97. The Morgan fingerprint density at radius 1 is 1.25 bits per heavy atom. The third-order valence-corrected chi connectivity index (χ3v) is 4.97. The number of hydrogen-bond acceptors (Lipinski definition) is 6. The first-order valence-corrected chi connectivity index (χ1v) is 9.65. The van der Waals surface area contributed by atoms with Gasteiger partial charge >= 0.3 is 18.0 Å². The van der Waals surface area contributed by atoms with E-state index >= 15 is 0 Å². The molecule has 1 aliphatic carbocycles.